The van der Waals surface area contributed by atoms with Gasteiger partial charge in [-0.2, -0.15) is 0 Å². The molecule has 1 N–H and O–H groups in total. The van der Waals surface area contributed by atoms with Crippen LogP contribution in [-0.4, -0.2) is 23.3 Å². The van der Waals surface area contributed by atoms with Crippen LogP contribution in [0, 0.1) is 0 Å². The lowest BCUT2D eigenvalue weighted by atomic mass is 10.1. The highest BCUT2D eigenvalue weighted by atomic mass is 32.1. The minimum absolute atomic E-state index is 0.189. The van der Waals surface area contributed by atoms with Gasteiger partial charge in [-0.05, 0) is 38.6 Å². The van der Waals surface area contributed by atoms with Crippen LogP contribution in [0.4, 0.5) is 0 Å². The topological polar surface area (TPSA) is 47.0 Å². The van der Waals surface area contributed by atoms with E-state index in [2.05, 4.69) is 29.4 Å². The standard InChI is InChI=1S/C13H23N3OS/c1-3-8-14-10(4-2)12-15-16-13(18-12)11-7-5-6-9-17-11/h10-11,14H,3-9H2,1-2H3. The Kier molecular flexibility index (Phi) is 5.53. The predicted octanol–water partition coefficient (Wildman–Crippen LogP) is 3.23. The zero-order valence-electron chi connectivity index (χ0n) is 11.3. The maximum Gasteiger partial charge on any atom is 0.146 e. The summed E-state index contributed by atoms with van der Waals surface area (Å²) in [5.74, 6) is 0. The predicted molar refractivity (Wildman–Crippen MR) is 73.8 cm³/mol. The van der Waals surface area contributed by atoms with Crippen molar-refractivity contribution in [2.45, 2.75) is 58.1 Å². The molecule has 102 valence electrons. The number of nitrogens with one attached hydrogen (secondary N) is 1. The van der Waals surface area contributed by atoms with Crippen molar-refractivity contribution in [3.63, 3.8) is 0 Å². The van der Waals surface area contributed by atoms with Crippen molar-refractivity contribution in [1.82, 2.24) is 15.5 Å². The third kappa shape index (κ3) is 3.49. The van der Waals surface area contributed by atoms with E-state index in [-0.39, 0.29) is 6.10 Å². The summed E-state index contributed by atoms with van der Waals surface area (Å²) >= 11 is 1.71. The molecule has 2 atom stereocenters. The fourth-order valence-electron chi connectivity index (χ4n) is 2.18. The zero-order valence-corrected chi connectivity index (χ0v) is 12.1. The Hall–Kier alpha value is -0.520. The second kappa shape index (κ2) is 7.16. The molecule has 1 aliphatic heterocycles. The van der Waals surface area contributed by atoms with Crippen LogP contribution < -0.4 is 5.32 Å². The molecule has 1 fully saturated rings. The van der Waals surface area contributed by atoms with Crippen molar-refractivity contribution in [3.8, 4) is 0 Å². The second-order valence-corrected chi connectivity index (χ2v) is 5.79. The Labute approximate surface area is 113 Å². The minimum Gasteiger partial charge on any atom is -0.371 e. The van der Waals surface area contributed by atoms with Gasteiger partial charge in [0.05, 0.1) is 6.04 Å². The van der Waals surface area contributed by atoms with Gasteiger partial charge in [-0.15, -0.1) is 10.2 Å². The summed E-state index contributed by atoms with van der Waals surface area (Å²) in [4.78, 5) is 0. The van der Waals surface area contributed by atoms with Crippen molar-refractivity contribution in [2.75, 3.05) is 13.2 Å². The number of hydrogen-bond acceptors (Lipinski definition) is 5. The number of hydrogen-bond donors (Lipinski definition) is 1. The number of ether oxygens (including phenoxy) is 1. The van der Waals surface area contributed by atoms with Gasteiger partial charge in [-0.1, -0.05) is 25.2 Å². The summed E-state index contributed by atoms with van der Waals surface area (Å²) in [7, 11) is 0. The first kappa shape index (κ1) is 13.9. The maximum atomic E-state index is 5.76. The van der Waals surface area contributed by atoms with Crippen LogP contribution in [0.2, 0.25) is 0 Å². The van der Waals surface area contributed by atoms with Gasteiger partial charge in [-0.25, -0.2) is 0 Å². The molecule has 1 aromatic rings. The summed E-state index contributed by atoms with van der Waals surface area (Å²) < 4.78 is 5.76. The molecule has 0 radical (unpaired) electrons. The zero-order chi connectivity index (χ0) is 12.8. The highest BCUT2D eigenvalue weighted by molar-refractivity contribution is 7.11. The molecule has 0 bridgehead atoms. The third-order valence-electron chi connectivity index (χ3n) is 3.26. The van der Waals surface area contributed by atoms with E-state index < -0.39 is 0 Å². The Balaban J connectivity index is 1.98. The molecule has 0 saturated carbocycles. The molecule has 5 heteroatoms. The molecule has 18 heavy (non-hydrogen) atoms. The average Bonchev–Trinajstić information content (AvgIpc) is 2.90. The molecule has 0 aromatic carbocycles. The van der Waals surface area contributed by atoms with Gasteiger partial charge in [0.1, 0.15) is 16.1 Å². The molecular weight excluding hydrogens is 246 g/mol. The highest BCUT2D eigenvalue weighted by Crippen LogP contribution is 2.31. The van der Waals surface area contributed by atoms with Crippen LogP contribution in [0.25, 0.3) is 0 Å². The quantitative estimate of drug-likeness (QED) is 0.861. The third-order valence-corrected chi connectivity index (χ3v) is 4.39. The highest BCUT2D eigenvalue weighted by Gasteiger charge is 2.22. The first-order valence-corrected chi connectivity index (χ1v) is 7.85. The van der Waals surface area contributed by atoms with Crippen LogP contribution in [0.5, 0.6) is 0 Å². The largest absolute Gasteiger partial charge is 0.371 e. The molecule has 1 aliphatic rings. The van der Waals surface area contributed by atoms with Gasteiger partial charge >= 0.3 is 0 Å². The van der Waals surface area contributed by atoms with Crippen molar-refractivity contribution >= 4 is 11.3 Å². The number of nitrogens with zero attached hydrogens (tertiary/aromatic N) is 2. The summed E-state index contributed by atoms with van der Waals surface area (Å²) in [5, 5.41) is 14.3. The Morgan fingerprint density at radius 1 is 1.39 bits per heavy atom. The fourth-order valence-corrected chi connectivity index (χ4v) is 3.26. The fraction of sp³-hybridized carbons (Fsp3) is 0.846. The molecule has 2 unspecified atom stereocenters. The van der Waals surface area contributed by atoms with Gasteiger partial charge in [0, 0.05) is 6.61 Å². The molecule has 2 heterocycles. The van der Waals surface area contributed by atoms with E-state index in [9.17, 15) is 0 Å². The molecule has 2 rings (SSSR count). The van der Waals surface area contributed by atoms with E-state index >= 15 is 0 Å². The Morgan fingerprint density at radius 3 is 2.94 bits per heavy atom. The van der Waals surface area contributed by atoms with Gasteiger partial charge in [-0.3, -0.25) is 0 Å². The van der Waals surface area contributed by atoms with E-state index in [1.807, 2.05) is 0 Å². The minimum atomic E-state index is 0.189. The van der Waals surface area contributed by atoms with E-state index in [0.717, 1.165) is 42.4 Å². The van der Waals surface area contributed by atoms with Crippen molar-refractivity contribution in [2.24, 2.45) is 0 Å². The van der Waals surface area contributed by atoms with Crippen molar-refractivity contribution < 1.29 is 4.74 Å². The van der Waals surface area contributed by atoms with E-state index in [1.54, 1.807) is 11.3 Å². The molecule has 1 saturated heterocycles. The molecule has 1 aromatic heterocycles. The van der Waals surface area contributed by atoms with E-state index in [0.29, 0.717) is 6.04 Å². The van der Waals surface area contributed by atoms with E-state index in [1.165, 1.54) is 12.8 Å². The lowest BCUT2D eigenvalue weighted by Crippen LogP contribution is -2.21. The smallest absolute Gasteiger partial charge is 0.146 e. The van der Waals surface area contributed by atoms with Crippen molar-refractivity contribution in [1.29, 1.82) is 0 Å². The van der Waals surface area contributed by atoms with Crippen LogP contribution in [0.3, 0.4) is 0 Å². The van der Waals surface area contributed by atoms with Gasteiger partial charge in [0.2, 0.25) is 0 Å². The summed E-state index contributed by atoms with van der Waals surface area (Å²) in [6.07, 6.45) is 5.90. The molecule has 0 spiro atoms. The lowest BCUT2D eigenvalue weighted by Gasteiger charge is -2.19. The number of rotatable bonds is 6. The lowest BCUT2D eigenvalue weighted by molar-refractivity contribution is 0.0144. The van der Waals surface area contributed by atoms with Crippen LogP contribution in [0.15, 0.2) is 0 Å². The van der Waals surface area contributed by atoms with Crippen molar-refractivity contribution in [3.05, 3.63) is 10.0 Å². The van der Waals surface area contributed by atoms with Gasteiger partial charge < -0.3 is 10.1 Å². The molecule has 0 aliphatic carbocycles. The van der Waals surface area contributed by atoms with E-state index in [4.69, 9.17) is 4.74 Å². The Bertz CT molecular complexity index is 350. The van der Waals surface area contributed by atoms with Gasteiger partial charge in [0.15, 0.2) is 0 Å². The first-order valence-electron chi connectivity index (χ1n) is 7.03. The molecular formula is C13H23N3OS. The molecule has 4 nitrogen and oxygen atoms in total. The molecule has 0 amide bonds. The SMILES string of the molecule is CCCNC(CC)c1nnc(C2CCCCO2)s1. The monoisotopic (exact) mass is 269 g/mol. The normalized spacial score (nSPS) is 22.0. The average molecular weight is 269 g/mol. The Morgan fingerprint density at radius 2 is 2.28 bits per heavy atom. The summed E-state index contributed by atoms with van der Waals surface area (Å²) in [5.41, 5.74) is 0. The maximum absolute atomic E-state index is 5.76. The second-order valence-electron chi connectivity index (χ2n) is 4.75. The van der Waals surface area contributed by atoms with Crippen LogP contribution in [-0.2, 0) is 4.74 Å². The number of aromatic nitrogens is 2. The van der Waals surface area contributed by atoms with Crippen LogP contribution in [0.1, 0.15) is 68.1 Å². The first-order chi connectivity index (χ1) is 8.85. The van der Waals surface area contributed by atoms with Gasteiger partial charge in [0.25, 0.3) is 0 Å². The summed E-state index contributed by atoms with van der Waals surface area (Å²) in [6.45, 7) is 6.27. The van der Waals surface area contributed by atoms with Crippen LogP contribution >= 0.6 is 11.3 Å². The summed E-state index contributed by atoms with van der Waals surface area (Å²) in [6, 6.07) is 0.347.